The van der Waals surface area contributed by atoms with E-state index >= 15 is 0 Å². The van der Waals surface area contributed by atoms with Gasteiger partial charge in [-0.3, -0.25) is 4.98 Å². The van der Waals surface area contributed by atoms with Crippen LogP contribution in [0.1, 0.15) is 26.5 Å². The molecule has 4 rings (SSSR count). The summed E-state index contributed by atoms with van der Waals surface area (Å²) < 4.78 is 0. The van der Waals surface area contributed by atoms with E-state index < -0.39 is 0 Å². The fourth-order valence-corrected chi connectivity index (χ4v) is 3.21. The molecule has 0 saturated carbocycles. The molecule has 0 saturated heterocycles. The topological polar surface area (TPSA) is 12.9 Å². The molecule has 26 heavy (non-hydrogen) atoms. The normalized spacial score (nSPS) is 11.7. The van der Waals surface area contributed by atoms with Gasteiger partial charge in [0.15, 0.2) is 0 Å². The molecule has 0 bridgehead atoms. The predicted molar refractivity (Wildman–Crippen MR) is 111 cm³/mol. The molecule has 4 aromatic rings. The van der Waals surface area contributed by atoms with Crippen molar-refractivity contribution in [1.82, 2.24) is 4.98 Å². The van der Waals surface area contributed by atoms with Crippen molar-refractivity contribution < 1.29 is 0 Å². The molecule has 0 unspecified atom stereocenters. The summed E-state index contributed by atoms with van der Waals surface area (Å²) in [5.41, 5.74) is 5.74. The van der Waals surface area contributed by atoms with Crippen molar-refractivity contribution in [1.29, 1.82) is 0 Å². The van der Waals surface area contributed by atoms with Crippen LogP contribution in [-0.2, 0) is 5.41 Å². The van der Waals surface area contributed by atoms with Crippen molar-refractivity contribution in [2.45, 2.75) is 26.2 Å². The second-order valence-corrected chi connectivity index (χ2v) is 7.80. The van der Waals surface area contributed by atoms with Gasteiger partial charge in [-0.15, -0.1) is 0 Å². The van der Waals surface area contributed by atoms with Crippen LogP contribution in [0.2, 0.25) is 0 Å². The summed E-state index contributed by atoms with van der Waals surface area (Å²) in [4.78, 5) is 4.96. The number of hydrogen-bond acceptors (Lipinski definition) is 1. The minimum atomic E-state index is -0.00358. The quantitative estimate of drug-likeness (QED) is 0.389. The first-order chi connectivity index (χ1) is 12.5. The van der Waals surface area contributed by atoms with E-state index in [4.69, 9.17) is 4.98 Å². The third-order valence-electron chi connectivity index (χ3n) is 4.75. The average molecular weight is 337 g/mol. The molecule has 0 atom stereocenters. The van der Waals surface area contributed by atoms with Crippen LogP contribution in [0, 0.1) is 0 Å². The summed E-state index contributed by atoms with van der Waals surface area (Å²) in [7, 11) is 0. The fourth-order valence-electron chi connectivity index (χ4n) is 3.21. The molecule has 0 radical (unpaired) electrons. The lowest BCUT2D eigenvalue weighted by Gasteiger charge is -2.20. The number of nitrogens with zero attached hydrogens (tertiary/aromatic N) is 1. The maximum absolute atomic E-state index is 4.96. The monoisotopic (exact) mass is 337 g/mol. The summed E-state index contributed by atoms with van der Waals surface area (Å²) in [6.07, 6.45) is 0. The van der Waals surface area contributed by atoms with Crippen LogP contribution in [0.5, 0.6) is 0 Å². The molecule has 0 aliphatic rings. The number of rotatable bonds is 2. The van der Waals surface area contributed by atoms with Gasteiger partial charge in [0.25, 0.3) is 0 Å². The molecule has 1 nitrogen and oxygen atoms in total. The first kappa shape index (κ1) is 16.5. The zero-order valence-electron chi connectivity index (χ0n) is 15.5. The minimum absolute atomic E-state index is 0.00358. The van der Waals surface area contributed by atoms with Crippen LogP contribution in [0.25, 0.3) is 33.2 Å². The van der Waals surface area contributed by atoms with Crippen molar-refractivity contribution in [2.24, 2.45) is 0 Å². The maximum Gasteiger partial charge on any atom is 0.0711 e. The van der Waals surface area contributed by atoms with Gasteiger partial charge >= 0.3 is 0 Å². The molecule has 1 heteroatoms. The number of hydrogen-bond donors (Lipinski definition) is 0. The first-order valence-electron chi connectivity index (χ1n) is 9.08. The third kappa shape index (κ3) is 3.25. The molecule has 3 aromatic carbocycles. The van der Waals surface area contributed by atoms with Crippen LogP contribution in [-0.4, -0.2) is 4.98 Å². The summed E-state index contributed by atoms with van der Waals surface area (Å²) >= 11 is 0. The Labute approximate surface area is 155 Å². The van der Waals surface area contributed by atoms with E-state index in [1.54, 1.807) is 0 Å². The highest BCUT2D eigenvalue weighted by atomic mass is 14.7. The number of fused-ring (bicyclic) bond motifs is 1. The highest BCUT2D eigenvalue weighted by molar-refractivity contribution is 5.87. The van der Waals surface area contributed by atoms with Crippen molar-refractivity contribution in [3.8, 4) is 22.4 Å². The Morgan fingerprint density at radius 1 is 0.577 bits per heavy atom. The van der Waals surface area contributed by atoms with Crippen molar-refractivity contribution >= 4 is 10.8 Å². The lowest BCUT2D eigenvalue weighted by atomic mass is 9.89. The van der Waals surface area contributed by atoms with Gasteiger partial charge in [0.1, 0.15) is 0 Å². The van der Waals surface area contributed by atoms with Crippen molar-refractivity contribution in [3.05, 3.63) is 90.6 Å². The molecule has 0 fully saturated rings. The molecule has 128 valence electrons. The minimum Gasteiger partial charge on any atom is -0.252 e. The lowest BCUT2D eigenvalue weighted by Crippen LogP contribution is -2.14. The van der Waals surface area contributed by atoms with Crippen LogP contribution < -0.4 is 0 Å². The largest absolute Gasteiger partial charge is 0.252 e. The Balaban J connectivity index is 1.91. The number of aromatic nitrogens is 1. The Hall–Kier alpha value is -2.93. The van der Waals surface area contributed by atoms with Gasteiger partial charge in [-0.2, -0.15) is 0 Å². The van der Waals surface area contributed by atoms with Gasteiger partial charge in [0.05, 0.1) is 5.69 Å². The maximum atomic E-state index is 4.96. The van der Waals surface area contributed by atoms with Gasteiger partial charge < -0.3 is 0 Å². The fraction of sp³-hybridized carbons (Fsp3) is 0.160. The molecule has 0 amide bonds. The Bertz CT molecular complexity index is 1060. The highest BCUT2D eigenvalue weighted by Gasteiger charge is 2.18. The second kappa shape index (κ2) is 6.42. The SMILES string of the molecule is CC(C)(C)c1cc(-c2ccc3ccccc3c2)cc(-c2ccccc2)n1. The standard InChI is InChI=1S/C25H23N/c1-25(2,3)24-17-22(16-23(26-24)19-10-5-4-6-11-19)21-14-13-18-9-7-8-12-20(18)15-21/h4-17H,1-3H3. The number of pyridine rings is 1. The zero-order valence-corrected chi connectivity index (χ0v) is 15.5. The van der Waals surface area contributed by atoms with Gasteiger partial charge in [-0.05, 0) is 40.1 Å². The van der Waals surface area contributed by atoms with E-state index in [1.807, 2.05) is 6.07 Å². The van der Waals surface area contributed by atoms with Gasteiger partial charge in [0, 0.05) is 16.7 Å². The van der Waals surface area contributed by atoms with Crippen LogP contribution in [0.4, 0.5) is 0 Å². The third-order valence-corrected chi connectivity index (χ3v) is 4.75. The van der Waals surface area contributed by atoms with Gasteiger partial charge in [-0.25, -0.2) is 0 Å². The lowest BCUT2D eigenvalue weighted by molar-refractivity contribution is 0.570. The Morgan fingerprint density at radius 3 is 2.00 bits per heavy atom. The summed E-state index contributed by atoms with van der Waals surface area (Å²) in [6.45, 7) is 6.65. The smallest absolute Gasteiger partial charge is 0.0711 e. The van der Waals surface area contributed by atoms with Crippen LogP contribution in [0.15, 0.2) is 84.9 Å². The molecule has 1 aromatic heterocycles. The van der Waals surface area contributed by atoms with E-state index in [0.717, 1.165) is 17.0 Å². The molecular formula is C25H23N. The molecule has 1 heterocycles. The summed E-state index contributed by atoms with van der Waals surface area (Å²) in [6, 6.07) is 30.0. The van der Waals surface area contributed by atoms with E-state index in [0.29, 0.717) is 0 Å². The number of benzene rings is 3. The molecular weight excluding hydrogens is 314 g/mol. The predicted octanol–water partition coefficient (Wildman–Crippen LogP) is 6.87. The highest BCUT2D eigenvalue weighted by Crippen LogP contribution is 2.32. The molecule has 0 aliphatic carbocycles. The van der Waals surface area contributed by atoms with Crippen molar-refractivity contribution in [3.63, 3.8) is 0 Å². The molecule has 0 aliphatic heterocycles. The Morgan fingerprint density at radius 2 is 1.27 bits per heavy atom. The second-order valence-electron chi connectivity index (χ2n) is 7.80. The van der Waals surface area contributed by atoms with Crippen LogP contribution >= 0.6 is 0 Å². The summed E-state index contributed by atoms with van der Waals surface area (Å²) in [5, 5.41) is 2.53. The van der Waals surface area contributed by atoms with E-state index in [-0.39, 0.29) is 5.41 Å². The average Bonchev–Trinajstić information content (AvgIpc) is 2.67. The Kier molecular flexibility index (Phi) is 4.08. The first-order valence-corrected chi connectivity index (χ1v) is 9.08. The zero-order chi connectivity index (χ0) is 18.1. The summed E-state index contributed by atoms with van der Waals surface area (Å²) in [5.74, 6) is 0. The molecule has 0 N–H and O–H groups in total. The molecule has 0 spiro atoms. The van der Waals surface area contributed by atoms with E-state index in [9.17, 15) is 0 Å². The van der Waals surface area contributed by atoms with Gasteiger partial charge in [-0.1, -0.05) is 87.5 Å². The van der Waals surface area contributed by atoms with Crippen molar-refractivity contribution in [2.75, 3.05) is 0 Å². The van der Waals surface area contributed by atoms with Crippen LogP contribution in [0.3, 0.4) is 0 Å². The van der Waals surface area contributed by atoms with E-state index in [2.05, 4.69) is 99.6 Å². The van der Waals surface area contributed by atoms with E-state index in [1.165, 1.54) is 21.9 Å². The van der Waals surface area contributed by atoms with Gasteiger partial charge in [0.2, 0.25) is 0 Å².